The van der Waals surface area contributed by atoms with E-state index in [-0.39, 0.29) is 5.91 Å². The summed E-state index contributed by atoms with van der Waals surface area (Å²) in [5.41, 5.74) is 9.99. The van der Waals surface area contributed by atoms with Gasteiger partial charge in [-0.2, -0.15) is 5.10 Å². The number of amides is 1. The number of nitrogens with two attached hydrogens (primary N) is 1. The van der Waals surface area contributed by atoms with Crippen LogP contribution in [0.3, 0.4) is 0 Å². The molecule has 0 bridgehead atoms. The van der Waals surface area contributed by atoms with Crippen molar-refractivity contribution < 1.29 is 14.3 Å². The standard InChI is InChI=1S/C29H36N8O3/c1-35(2)13-3-4-25(38)33-22-7-9-23(10-8-22)37-29-26(28(30)31-20-32-29)27(34-37)21-5-11-24(12-6-21)40-19-16-36-14-17-39-18-15-36/h5-12,20H,3-4,13-19H2,1-2H3,(H,33,38)(H2,30,31,32). The fourth-order valence-corrected chi connectivity index (χ4v) is 4.65. The highest BCUT2D eigenvalue weighted by atomic mass is 16.5. The summed E-state index contributed by atoms with van der Waals surface area (Å²) < 4.78 is 13.1. The van der Waals surface area contributed by atoms with Crippen LogP contribution in [0, 0.1) is 0 Å². The van der Waals surface area contributed by atoms with E-state index in [4.69, 9.17) is 20.3 Å². The summed E-state index contributed by atoms with van der Waals surface area (Å²) in [6, 6.07) is 15.3. The smallest absolute Gasteiger partial charge is 0.224 e. The Labute approximate surface area is 233 Å². The zero-order chi connectivity index (χ0) is 27.9. The van der Waals surface area contributed by atoms with Crippen LogP contribution in [0.5, 0.6) is 5.75 Å². The van der Waals surface area contributed by atoms with Gasteiger partial charge >= 0.3 is 0 Å². The van der Waals surface area contributed by atoms with Crippen molar-refractivity contribution in [1.82, 2.24) is 29.5 Å². The van der Waals surface area contributed by atoms with Gasteiger partial charge in [0, 0.05) is 37.3 Å². The molecule has 0 atom stereocenters. The number of hydrogen-bond acceptors (Lipinski definition) is 9. The van der Waals surface area contributed by atoms with E-state index in [0.29, 0.717) is 35.6 Å². The first kappa shape index (κ1) is 27.5. The van der Waals surface area contributed by atoms with Gasteiger partial charge in [0.15, 0.2) is 5.65 Å². The van der Waals surface area contributed by atoms with Crippen LogP contribution in [-0.2, 0) is 9.53 Å². The molecular weight excluding hydrogens is 508 g/mol. The Kier molecular flexibility index (Phi) is 8.84. The molecule has 3 N–H and O–H groups in total. The van der Waals surface area contributed by atoms with Crippen molar-refractivity contribution in [3.63, 3.8) is 0 Å². The third-order valence-corrected chi connectivity index (χ3v) is 6.81. The van der Waals surface area contributed by atoms with E-state index in [2.05, 4.69) is 25.1 Å². The number of carbonyl (C=O) groups is 1. The van der Waals surface area contributed by atoms with Crippen LogP contribution < -0.4 is 15.8 Å². The summed E-state index contributed by atoms with van der Waals surface area (Å²) in [5, 5.41) is 8.51. The Bertz CT molecular complexity index is 1410. The zero-order valence-electron chi connectivity index (χ0n) is 23.0. The fraction of sp³-hybridized carbons (Fsp3) is 0.379. The molecule has 1 saturated heterocycles. The lowest BCUT2D eigenvalue weighted by atomic mass is 10.1. The van der Waals surface area contributed by atoms with Crippen LogP contribution in [0.4, 0.5) is 11.5 Å². The molecule has 0 aliphatic carbocycles. The third-order valence-electron chi connectivity index (χ3n) is 6.81. The normalized spacial score (nSPS) is 14.1. The molecule has 11 nitrogen and oxygen atoms in total. The number of aromatic nitrogens is 4. The van der Waals surface area contributed by atoms with Gasteiger partial charge < -0.3 is 25.4 Å². The number of benzene rings is 2. The topological polar surface area (TPSA) is 124 Å². The summed E-state index contributed by atoms with van der Waals surface area (Å²) in [5.74, 6) is 1.15. The Morgan fingerprint density at radius 1 is 1.07 bits per heavy atom. The number of carbonyl (C=O) groups excluding carboxylic acids is 1. The highest BCUT2D eigenvalue weighted by molar-refractivity contribution is 5.99. The second kappa shape index (κ2) is 12.9. The van der Waals surface area contributed by atoms with Gasteiger partial charge in [-0.25, -0.2) is 14.6 Å². The van der Waals surface area contributed by atoms with E-state index in [0.717, 1.165) is 68.5 Å². The Morgan fingerprint density at radius 2 is 1.82 bits per heavy atom. The maximum atomic E-state index is 12.3. The average Bonchev–Trinajstić information content (AvgIpc) is 3.35. The van der Waals surface area contributed by atoms with Crippen LogP contribution in [0.25, 0.3) is 28.0 Å². The van der Waals surface area contributed by atoms with Gasteiger partial charge in [-0.1, -0.05) is 0 Å². The number of anilines is 2. The maximum absolute atomic E-state index is 12.3. The molecule has 0 spiro atoms. The van der Waals surface area contributed by atoms with Gasteiger partial charge in [0.25, 0.3) is 0 Å². The lowest BCUT2D eigenvalue weighted by Gasteiger charge is -2.26. The quantitative estimate of drug-likeness (QED) is 0.293. The molecule has 1 aliphatic rings. The van der Waals surface area contributed by atoms with Crippen molar-refractivity contribution in [1.29, 1.82) is 0 Å². The molecular formula is C29H36N8O3. The monoisotopic (exact) mass is 544 g/mol. The molecule has 5 rings (SSSR count). The Balaban J connectivity index is 1.30. The number of nitrogens with zero attached hydrogens (tertiary/aromatic N) is 6. The molecule has 0 unspecified atom stereocenters. The van der Waals surface area contributed by atoms with Gasteiger partial charge in [-0.3, -0.25) is 9.69 Å². The van der Waals surface area contributed by atoms with Crippen molar-refractivity contribution in [3.8, 4) is 22.7 Å². The SMILES string of the molecule is CN(C)CCCC(=O)Nc1ccc(-n2nc(-c3ccc(OCCN4CCOCC4)cc3)c3c(N)ncnc32)cc1. The molecule has 1 aliphatic heterocycles. The first-order chi connectivity index (χ1) is 19.5. The highest BCUT2D eigenvalue weighted by Gasteiger charge is 2.18. The number of rotatable bonds is 11. The molecule has 0 saturated carbocycles. The van der Waals surface area contributed by atoms with E-state index >= 15 is 0 Å². The van der Waals surface area contributed by atoms with Crippen molar-refractivity contribution in [3.05, 3.63) is 54.9 Å². The molecule has 11 heteroatoms. The highest BCUT2D eigenvalue weighted by Crippen LogP contribution is 2.32. The van der Waals surface area contributed by atoms with Crippen molar-refractivity contribution in [2.45, 2.75) is 12.8 Å². The molecule has 0 radical (unpaired) electrons. The van der Waals surface area contributed by atoms with E-state index in [1.54, 1.807) is 4.68 Å². The van der Waals surface area contributed by atoms with Gasteiger partial charge in [-0.05, 0) is 75.6 Å². The molecule has 40 heavy (non-hydrogen) atoms. The Morgan fingerprint density at radius 3 is 2.55 bits per heavy atom. The number of ether oxygens (including phenoxy) is 2. The summed E-state index contributed by atoms with van der Waals surface area (Å²) in [4.78, 5) is 25.4. The minimum absolute atomic E-state index is 0.00420. The van der Waals surface area contributed by atoms with Crippen LogP contribution in [0.2, 0.25) is 0 Å². The summed E-state index contributed by atoms with van der Waals surface area (Å²) in [7, 11) is 4.00. The lowest BCUT2D eigenvalue weighted by molar-refractivity contribution is -0.116. The van der Waals surface area contributed by atoms with Crippen molar-refractivity contribution in [2.75, 3.05) is 71.1 Å². The predicted octanol–water partition coefficient (Wildman–Crippen LogP) is 3.06. The van der Waals surface area contributed by atoms with Gasteiger partial charge in [0.2, 0.25) is 5.91 Å². The van der Waals surface area contributed by atoms with E-state index in [1.807, 2.05) is 62.6 Å². The minimum Gasteiger partial charge on any atom is -0.492 e. The molecule has 2 aromatic carbocycles. The van der Waals surface area contributed by atoms with E-state index < -0.39 is 0 Å². The van der Waals surface area contributed by atoms with Gasteiger partial charge in [0.1, 0.15) is 30.2 Å². The molecule has 4 aromatic rings. The van der Waals surface area contributed by atoms with Gasteiger partial charge in [0.05, 0.1) is 24.3 Å². The first-order valence-corrected chi connectivity index (χ1v) is 13.6. The fourth-order valence-electron chi connectivity index (χ4n) is 4.65. The van der Waals surface area contributed by atoms with E-state index in [1.165, 1.54) is 6.33 Å². The van der Waals surface area contributed by atoms with Crippen LogP contribution in [-0.4, -0.2) is 95.6 Å². The number of nitrogens with one attached hydrogen (secondary N) is 1. The van der Waals surface area contributed by atoms with Crippen molar-refractivity contribution in [2.24, 2.45) is 0 Å². The summed E-state index contributed by atoms with van der Waals surface area (Å²) in [6.45, 7) is 5.79. The number of hydrogen-bond donors (Lipinski definition) is 2. The van der Waals surface area contributed by atoms with Crippen LogP contribution >= 0.6 is 0 Å². The maximum Gasteiger partial charge on any atom is 0.224 e. The molecule has 1 fully saturated rings. The minimum atomic E-state index is -0.00420. The molecule has 3 heterocycles. The van der Waals surface area contributed by atoms with Crippen LogP contribution in [0.1, 0.15) is 12.8 Å². The van der Waals surface area contributed by atoms with Gasteiger partial charge in [-0.15, -0.1) is 0 Å². The van der Waals surface area contributed by atoms with Crippen LogP contribution in [0.15, 0.2) is 54.9 Å². The number of morpholine rings is 1. The molecule has 210 valence electrons. The number of fused-ring (bicyclic) bond motifs is 1. The second-order valence-corrected chi connectivity index (χ2v) is 10.0. The predicted molar refractivity (Wildman–Crippen MR) is 156 cm³/mol. The summed E-state index contributed by atoms with van der Waals surface area (Å²) in [6.07, 6.45) is 2.72. The Hall–Kier alpha value is -4.06. The lowest BCUT2D eigenvalue weighted by Crippen LogP contribution is -2.38. The second-order valence-electron chi connectivity index (χ2n) is 10.0. The van der Waals surface area contributed by atoms with E-state index in [9.17, 15) is 4.79 Å². The molecule has 1 amide bonds. The largest absolute Gasteiger partial charge is 0.492 e. The third kappa shape index (κ3) is 6.74. The molecule has 2 aromatic heterocycles. The zero-order valence-corrected chi connectivity index (χ0v) is 23.0. The first-order valence-electron chi connectivity index (χ1n) is 13.6. The average molecular weight is 545 g/mol. The summed E-state index contributed by atoms with van der Waals surface area (Å²) >= 11 is 0. The number of nitrogen functional groups attached to an aromatic ring is 1. The van der Waals surface area contributed by atoms with Crippen molar-refractivity contribution >= 4 is 28.4 Å².